The molecule has 24 heavy (non-hydrogen) atoms. The standard InChI is InChI=1S/C16H21N7O/c1-3-17-15(18-4-1)22-8-6-21(7-9-22)14-2-5-19-16(20-14)23-10-12-24-13-11-23/h1-5H,6-13H2. The van der Waals surface area contributed by atoms with Crippen LogP contribution in [0.1, 0.15) is 0 Å². The Balaban J connectivity index is 1.42. The Morgan fingerprint density at radius 2 is 1.33 bits per heavy atom. The van der Waals surface area contributed by atoms with Gasteiger partial charge in [0.1, 0.15) is 5.82 Å². The number of anilines is 3. The van der Waals surface area contributed by atoms with Crippen LogP contribution in [0, 0.1) is 0 Å². The van der Waals surface area contributed by atoms with E-state index in [2.05, 4.69) is 29.7 Å². The summed E-state index contributed by atoms with van der Waals surface area (Å²) in [6.07, 6.45) is 5.42. The molecule has 8 heteroatoms. The minimum atomic E-state index is 0.739. The number of nitrogens with zero attached hydrogens (tertiary/aromatic N) is 7. The molecule has 0 N–H and O–H groups in total. The van der Waals surface area contributed by atoms with Gasteiger partial charge in [0.25, 0.3) is 0 Å². The number of piperazine rings is 1. The first-order valence-electron chi connectivity index (χ1n) is 8.33. The SMILES string of the molecule is c1cnc(N2CCN(c3ccnc(N4CCOCC4)n3)CC2)nc1. The van der Waals surface area contributed by atoms with Gasteiger partial charge in [0.05, 0.1) is 13.2 Å². The van der Waals surface area contributed by atoms with Crippen LogP contribution >= 0.6 is 0 Å². The third kappa shape index (κ3) is 3.23. The highest BCUT2D eigenvalue weighted by atomic mass is 16.5. The van der Waals surface area contributed by atoms with Gasteiger partial charge in [0.2, 0.25) is 11.9 Å². The van der Waals surface area contributed by atoms with E-state index in [9.17, 15) is 0 Å². The molecule has 4 rings (SSSR count). The average molecular weight is 327 g/mol. The Morgan fingerprint density at radius 1 is 0.708 bits per heavy atom. The Bertz CT molecular complexity index is 654. The lowest BCUT2D eigenvalue weighted by Crippen LogP contribution is -2.47. The second-order valence-corrected chi connectivity index (χ2v) is 5.84. The van der Waals surface area contributed by atoms with E-state index in [1.165, 1.54) is 0 Å². The zero-order valence-corrected chi connectivity index (χ0v) is 13.6. The lowest BCUT2D eigenvalue weighted by atomic mass is 10.3. The van der Waals surface area contributed by atoms with Crippen molar-refractivity contribution in [2.45, 2.75) is 0 Å². The number of aromatic nitrogens is 4. The summed E-state index contributed by atoms with van der Waals surface area (Å²) < 4.78 is 5.40. The van der Waals surface area contributed by atoms with Crippen molar-refractivity contribution < 1.29 is 4.74 Å². The van der Waals surface area contributed by atoms with Crippen LogP contribution in [0.3, 0.4) is 0 Å². The van der Waals surface area contributed by atoms with Crippen molar-refractivity contribution in [3.8, 4) is 0 Å². The smallest absolute Gasteiger partial charge is 0.227 e. The molecule has 2 aliphatic heterocycles. The third-order valence-corrected chi connectivity index (χ3v) is 4.36. The minimum Gasteiger partial charge on any atom is -0.378 e. The first-order valence-corrected chi connectivity index (χ1v) is 8.33. The molecule has 4 heterocycles. The molecular formula is C16H21N7O. The fourth-order valence-corrected chi connectivity index (χ4v) is 3.02. The summed E-state index contributed by atoms with van der Waals surface area (Å²) in [6.45, 7) is 6.76. The van der Waals surface area contributed by atoms with Gasteiger partial charge >= 0.3 is 0 Å². The van der Waals surface area contributed by atoms with Crippen molar-refractivity contribution in [1.82, 2.24) is 19.9 Å². The van der Waals surface area contributed by atoms with Gasteiger partial charge in [-0.2, -0.15) is 4.98 Å². The summed E-state index contributed by atoms with van der Waals surface area (Å²) in [5, 5.41) is 0. The largest absolute Gasteiger partial charge is 0.378 e. The predicted molar refractivity (Wildman–Crippen MR) is 91.5 cm³/mol. The van der Waals surface area contributed by atoms with E-state index < -0.39 is 0 Å². The maximum atomic E-state index is 5.40. The van der Waals surface area contributed by atoms with Crippen molar-refractivity contribution in [3.63, 3.8) is 0 Å². The van der Waals surface area contributed by atoms with Gasteiger partial charge in [-0.05, 0) is 12.1 Å². The van der Waals surface area contributed by atoms with Crippen molar-refractivity contribution in [2.75, 3.05) is 67.2 Å². The van der Waals surface area contributed by atoms with Crippen LogP contribution in [0.2, 0.25) is 0 Å². The summed E-state index contributed by atoms with van der Waals surface area (Å²) in [5.41, 5.74) is 0. The van der Waals surface area contributed by atoms with E-state index >= 15 is 0 Å². The van der Waals surface area contributed by atoms with Gasteiger partial charge in [0.15, 0.2) is 0 Å². The van der Waals surface area contributed by atoms with Crippen molar-refractivity contribution in [3.05, 3.63) is 30.7 Å². The van der Waals surface area contributed by atoms with Crippen LogP contribution in [-0.4, -0.2) is 72.4 Å². The van der Waals surface area contributed by atoms with Crippen LogP contribution in [0.15, 0.2) is 30.7 Å². The Hall–Kier alpha value is -2.48. The monoisotopic (exact) mass is 327 g/mol. The summed E-state index contributed by atoms with van der Waals surface area (Å²) in [5.74, 6) is 2.58. The molecule has 0 atom stereocenters. The van der Waals surface area contributed by atoms with Crippen molar-refractivity contribution in [2.24, 2.45) is 0 Å². The van der Waals surface area contributed by atoms with Crippen LogP contribution in [0.25, 0.3) is 0 Å². The quantitative estimate of drug-likeness (QED) is 0.804. The number of hydrogen-bond donors (Lipinski definition) is 0. The first-order chi connectivity index (χ1) is 11.9. The molecule has 2 aromatic rings. The number of rotatable bonds is 3. The lowest BCUT2D eigenvalue weighted by molar-refractivity contribution is 0.122. The van der Waals surface area contributed by atoms with Crippen LogP contribution in [-0.2, 0) is 4.74 Å². The normalized spacial score (nSPS) is 18.8. The maximum absolute atomic E-state index is 5.40. The molecule has 0 bridgehead atoms. The first kappa shape index (κ1) is 15.1. The Kier molecular flexibility index (Phi) is 4.37. The molecular weight excluding hydrogens is 306 g/mol. The molecule has 0 amide bonds. The van der Waals surface area contributed by atoms with Crippen LogP contribution in [0.5, 0.6) is 0 Å². The molecule has 0 unspecified atom stereocenters. The van der Waals surface area contributed by atoms with E-state index in [-0.39, 0.29) is 0 Å². The molecule has 0 radical (unpaired) electrons. The van der Waals surface area contributed by atoms with E-state index in [1.807, 2.05) is 18.3 Å². The van der Waals surface area contributed by atoms with E-state index in [0.29, 0.717) is 0 Å². The minimum absolute atomic E-state index is 0.739. The average Bonchev–Trinajstić information content (AvgIpc) is 2.70. The fourth-order valence-electron chi connectivity index (χ4n) is 3.02. The number of morpholine rings is 1. The molecule has 0 spiro atoms. The second-order valence-electron chi connectivity index (χ2n) is 5.84. The zero-order valence-electron chi connectivity index (χ0n) is 13.6. The molecule has 2 fully saturated rings. The highest BCUT2D eigenvalue weighted by Crippen LogP contribution is 2.18. The Morgan fingerprint density at radius 3 is 2.08 bits per heavy atom. The van der Waals surface area contributed by atoms with Gasteiger partial charge in [0, 0.05) is 57.9 Å². The van der Waals surface area contributed by atoms with E-state index in [4.69, 9.17) is 9.72 Å². The number of ether oxygens (including phenoxy) is 1. The molecule has 0 aromatic carbocycles. The van der Waals surface area contributed by atoms with E-state index in [1.54, 1.807) is 12.4 Å². The highest BCUT2D eigenvalue weighted by Gasteiger charge is 2.21. The topological polar surface area (TPSA) is 70.5 Å². The summed E-state index contributed by atoms with van der Waals surface area (Å²) in [7, 11) is 0. The maximum Gasteiger partial charge on any atom is 0.227 e. The van der Waals surface area contributed by atoms with Gasteiger partial charge in [-0.1, -0.05) is 0 Å². The molecule has 2 aliphatic rings. The summed E-state index contributed by atoms with van der Waals surface area (Å²) in [4.78, 5) is 24.5. The van der Waals surface area contributed by atoms with Gasteiger partial charge in [-0.25, -0.2) is 15.0 Å². The van der Waals surface area contributed by atoms with Crippen molar-refractivity contribution in [1.29, 1.82) is 0 Å². The van der Waals surface area contributed by atoms with Crippen molar-refractivity contribution >= 4 is 17.7 Å². The fraction of sp³-hybridized carbons (Fsp3) is 0.500. The molecule has 2 aromatic heterocycles. The van der Waals surface area contributed by atoms with E-state index in [0.717, 1.165) is 70.2 Å². The summed E-state index contributed by atoms with van der Waals surface area (Å²) >= 11 is 0. The Labute approximate surface area is 141 Å². The van der Waals surface area contributed by atoms with Gasteiger partial charge in [-0.3, -0.25) is 0 Å². The summed E-state index contributed by atoms with van der Waals surface area (Å²) in [6, 6.07) is 3.83. The predicted octanol–water partition coefficient (Wildman–Crippen LogP) is 0.430. The highest BCUT2D eigenvalue weighted by molar-refractivity contribution is 5.46. The number of hydrogen-bond acceptors (Lipinski definition) is 8. The zero-order chi connectivity index (χ0) is 16.2. The van der Waals surface area contributed by atoms with Crippen LogP contribution in [0.4, 0.5) is 17.7 Å². The third-order valence-electron chi connectivity index (χ3n) is 4.36. The van der Waals surface area contributed by atoms with Crippen LogP contribution < -0.4 is 14.7 Å². The molecule has 8 nitrogen and oxygen atoms in total. The second kappa shape index (κ2) is 6.96. The molecule has 2 saturated heterocycles. The molecule has 126 valence electrons. The molecule has 0 saturated carbocycles. The lowest BCUT2D eigenvalue weighted by Gasteiger charge is -2.35. The van der Waals surface area contributed by atoms with Gasteiger partial charge < -0.3 is 19.4 Å². The molecule has 0 aliphatic carbocycles. The van der Waals surface area contributed by atoms with Gasteiger partial charge in [-0.15, -0.1) is 0 Å².